The molecule has 0 atom stereocenters. The van der Waals surface area contributed by atoms with Gasteiger partial charge in [0.2, 0.25) is 0 Å². The molecular formula is C17H24ClNO2. The molecule has 1 aliphatic heterocycles. The summed E-state index contributed by atoms with van der Waals surface area (Å²) in [4.78, 5) is 0. The highest BCUT2D eigenvalue weighted by molar-refractivity contribution is 6.32. The molecule has 116 valence electrons. The Hall–Kier alpha value is -0.930. The van der Waals surface area contributed by atoms with E-state index in [4.69, 9.17) is 26.8 Å². The van der Waals surface area contributed by atoms with E-state index in [2.05, 4.69) is 13.8 Å². The summed E-state index contributed by atoms with van der Waals surface area (Å²) in [6.07, 6.45) is 4.35. The van der Waals surface area contributed by atoms with Gasteiger partial charge in [0.15, 0.2) is 11.5 Å². The van der Waals surface area contributed by atoms with Crippen LogP contribution in [0.2, 0.25) is 5.02 Å². The summed E-state index contributed by atoms with van der Waals surface area (Å²) in [5.74, 6) is 2.01. The van der Waals surface area contributed by atoms with E-state index >= 15 is 0 Å². The van der Waals surface area contributed by atoms with Crippen LogP contribution in [0.1, 0.15) is 56.6 Å². The maximum Gasteiger partial charge on any atom is 0.165 e. The summed E-state index contributed by atoms with van der Waals surface area (Å²) in [7, 11) is 0. The lowest BCUT2D eigenvalue weighted by molar-refractivity contribution is 0.248. The predicted molar refractivity (Wildman–Crippen MR) is 85.7 cm³/mol. The quantitative estimate of drug-likeness (QED) is 0.917. The topological polar surface area (TPSA) is 44.5 Å². The van der Waals surface area contributed by atoms with Crippen LogP contribution in [-0.2, 0) is 5.41 Å². The summed E-state index contributed by atoms with van der Waals surface area (Å²) in [5.41, 5.74) is 8.55. The fraction of sp³-hybridized carbons (Fsp3) is 0.647. The monoisotopic (exact) mass is 309 g/mol. The van der Waals surface area contributed by atoms with E-state index in [1.165, 1.54) is 17.5 Å². The maximum absolute atomic E-state index is 6.65. The molecule has 0 saturated heterocycles. The second-order valence-electron chi connectivity index (χ2n) is 6.52. The van der Waals surface area contributed by atoms with Crippen molar-refractivity contribution in [2.45, 2.75) is 50.9 Å². The third-order valence-electron chi connectivity index (χ3n) is 4.84. The van der Waals surface area contributed by atoms with Crippen molar-refractivity contribution in [3.8, 4) is 11.5 Å². The molecule has 0 spiro atoms. The van der Waals surface area contributed by atoms with Crippen molar-refractivity contribution < 1.29 is 9.47 Å². The molecule has 2 N–H and O–H groups in total. The average Bonchev–Trinajstić information content (AvgIpc) is 2.63. The Bertz CT molecular complexity index is 533. The Morgan fingerprint density at radius 3 is 2.52 bits per heavy atom. The first kappa shape index (κ1) is 15.0. The first-order valence-corrected chi connectivity index (χ1v) is 8.29. The average molecular weight is 310 g/mol. The van der Waals surface area contributed by atoms with Crippen molar-refractivity contribution in [1.29, 1.82) is 0 Å². The zero-order chi connectivity index (χ0) is 15.0. The van der Waals surface area contributed by atoms with Crippen LogP contribution in [0.5, 0.6) is 11.5 Å². The van der Waals surface area contributed by atoms with Gasteiger partial charge in [0.1, 0.15) is 0 Å². The van der Waals surface area contributed by atoms with Crippen LogP contribution in [0.3, 0.4) is 0 Å². The lowest BCUT2D eigenvalue weighted by atomic mass is 9.62. The molecule has 3 nitrogen and oxygen atoms in total. The molecule has 2 aliphatic rings. The lowest BCUT2D eigenvalue weighted by Crippen LogP contribution is -2.42. The largest absolute Gasteiger partial charge is 0.489 e. The number of hydrogen-bond acceptors (Lipinski definition) is 3. The molecule has 0 aromatic heterocycles. The summed E-state index contributed by atoms with van der Waals surface area (Å²) in [6, 6.07) is 1.93. The molecule has 0 unspecified atom stereocenters. The number of ether oxygens (including phenoxy) is 2. The van der Waals surface area contributed by atoms with Crippen molar-refractivity contribution in [3.63, 3.8) is 0 Å². The minimum Gasteiger partial charge on any atom is -0.489 e. The smallest absolute Gasteiger partial charge is 0.165 e. The standard InChI is InChI=1S/C17H24ClNO2/c1-11(2)14-15(17(10-19)5-3-6-17)12(18)9-13-16(14)21-8-4-7-20-13/h9,11H,3-8,10,19H2,1-2H3. The van der Waals surface area contributed by atoms with Gasteiger partial charge in [-0.05, 0) is 24.3 Å². The molecule has 1 fully saturated rings. The Morgan fingerprint density at radius 1 is 1.24 bits per heavy atom. The second kappa shape index (κ2) is 5.69. The van der Waals surface area contributed by atoms with Crippen molar-refractivity contribution >= 4 is 11.6 Å². The molecular weight excluding hydrogens is 286 g/mol. The van der Waals surface area contributed by atoms with E-state index in [0.717, 1.165) is 35.8 Å². The molecule has 0 bridgehead atoms. The molecule has 1 aromatic carbocycles. The molecule has 0 radical (unpaired) electrons. The molecule has 21 heavy (non-hydrogen) atoms. The van der Waals surface area contributed by atoms with Gasteiger partial charge >= 0.3 is 0 Å². The van der Waals surface area contributed by atoms with Crippen LogP contribution < -0.4 is 15.2 Å². The van der Waals surface area contributed by atoms with Gasteiger partial charge in [0, 0.05) is 35.0 Å². The highest BCUT2D eigenvalue weighted by Gasteiger charge is 2.42. The Kier molecular flexibility index (Phi) is 4.06. The van der Waals surface area contributed by atoms with Crippen LogP contribution in [0.25, 0.3) is 0 Å². The Labute approximate surface area is 131 Å². The van der Waals surface area contributed by atoms with Crippen LogP contribution in [0.15, 0.2) is 6.07 Å². The summed E-state index contributed by atoms with van der Waals surface area (Å²) in [5, 5.41) is 0.785. The number of benzene rings is 1. The van der Waals surface area contributed by atoms with E-state index in [0.29, 0.717) is 25.7 Å². The van der Waals surface area contributed by atoms with Crippen molar-refractivity contribution in [2.24, 2.45) is 5.73 Å². The third-order valence-corrected chi connectivity index (χ3v) is 5.13. The van der Waals surface area contributed by atoms with Gasteiger partial charge in [-0.1, -0.05) is 31.9 Å². The normalized spacial score (nSPS) is 20.0. The molecule has 1 saturated carbocycles. The predicted octanol–water partition coefficient (Wildman–Crippen LogP) is 4.01. The van der Waals surface area contributed by atoms with Gasteiger partial charge in [-0.25, -0.2) is 0 Å². The van der Waals surface area contributed by atoms with Gasteiger partial charge in [-0.3, -0.25) is 0 Å². The van der Waals surface area contributed by atoms with E-state index in [1.54, 1.807) is 0 Å². The lowest BCUT2D eigenvalue weighted by Gasteiger charge is -2.44. The third kappa shape index (κ3) is 2.40. The van der Waals surface area contributed by atoms with E-state index in [1.807, 2.05) is 6.07 Å². The van der Waals surface area contributed by atoms with Crippen LogP contribution in [0, 0.1) is 0 Å². The van der Waals surface area contributed by atoms with Gasteiger partial charge in [-0.15, -0.1) is 0 Å². The minimum absolute atomic E-state index is 0.0291. The van der Waals surface area contributed by atoms with E-state index in [-0.39, 0.29) is 5.41 Å². The van der Waals surface area contributed by atoms with Crippen molar-refractivity contribution in [3.05, 3.63) is 22.2 Å². The second-order valence-corrected chi connectivity index (χ2v) is 6.92. The van der Waals surface area contributed by atoms with Crippen molar-refractivity contribution in [2.75, 3.05) is 19.8 Å². The number of halogens is 1. The number of rotatable bonds is 3. The summed E-state index contributed by atoms with van der Waals surface area (Å²) >= 11 is 6.65. The van der Waals surface area contributed by atoms with Crippen LogP contribution in [-0.4, -0.2) is 19.8 Å². The number of nitrogens with two attached hydrogens (primary N) is 1. The van der Waals surface area contributed by atoms with Gasteiger partial charge < -0.3 is 15.2 Å². The highest BCUT2D eigenvalue weighted by atomic mass is 35.5. The summed E-state index contributed by atoms with van der Waals surface area (Å²) in [6.45, 7) is 6.40. The van der Waals surface area contributed by atoms with E-state index < -0.39 is 0 Å². The Balaban J connectivity index is 2.21. The van der Waals surface area contributed by atoms with Gasteiger partial charge in [0.25, 0.3) is 0 Å². The van der Waals surface area contributed by atoms with Crippen LogP contribution in [0.4, 0.5) is 0 Å². The maximum atomic E-state index is 6.65. The van der Waals surface area contributed by atoms with Crippen LogP contribution >= 0.6 is 11.6 Å². The first-order valence-electron chi connectivity index (χ1n) is 7.91. The number of fused-ring (bicyclic) bond motifs is 1. The molecule has 1 aromatic rings. The highest BCUT2D eigenvalue weighted by Crippen LogP contribution is 2.53. The zero-order valence-electron chi connectivity index (χ0n) is 12.9. The molecule has 3 rings (SSSR count). The molecule has 0 amide bonds. The molecule has 1 heterocycles. The zero-order valence-corrected chi connectivity index (χ0v) is 13.6. The number of hydrogen-bond donors (Lipinski definition) is 1. The van der Waals surface area contributed by atoms with Crippen molar-refractivity contribution in [1.82, 2.24) is 0 Å². The molecule has 1 aliphatic carbocycles. The first-order chi connectivity index (χ1) is 10.1. The van der Waals surface area contributed by atoms with Gasteiger partial charge in [-0.2, -0.15) is 0 Å². The Morgan fingerprint density at radius 2 is 1.95 bits per heavy atom. The fourth-order valence-corrected chi connectivity index (χ4v) is 3.95. The summed E-state index contributed by atoms with van der Waals surface area (Å²) < 4.78 is 11.9. The van der Waals surface area contributed by atoms with Gasteiger partial charge in [0.05, 0.1) is 13.2 Å². The SMILES string of the molecule is CC(C)c1c2c(cc(Cl)c1C1(CN)CCC1)OCCCO2. The molecule has 4 heteroatoms. The minimum atomic E-state index is 0.0291. The fourth-order valence-electron chi connectivity index (χ4n) is 3.55. The van der Waals surface area contributed by atoms with E-state index in [9.17, 15) is 0 Å².